The molecule has 0 amide bonds. The largest absolute Gasteiger partial charge is 0.469 e. The van der Waals surface area contributed by atoms with Gasteiger partial charge in [0.1, 0.15) is 0 Å². The molecular weight excluding hydrogens is 328 g/mol. The molecule has 0 spiro atoms. The topological polar surface area (TPSA) is 52.6 Å². The molecule has 4 heteroatoms. The predicted octanol–water partition coefficient (Wildman–Crippen LogP) is 4.15. The average Bonchev–Trinajstić information content (AvgIpc) is 2.65. The Hall–Kier alpha value is -1.84. The minimum absolute atomic E-state index is 0.0260. The van der Waals surface area contributed by atoms with Crippen molar-refractivity contribution < 1.29 is 19.1 Å². The SMILES string of the molecule is COC(=O)[C@@H](C)c1ccc2c(c1)CC[C@H]1[C@](C)(C(=O)OC)CCC[C@]21C. The third-order valence-electron chi connectivity index (χ3n) is 7.08. The summed E-state index contributed by atoms with van der Waals surface area (Å²) < 4.78 is 10.1. The van der Waals surface area contributed by atoms with Crippen molar-refractivity contribution in [1.29, 1.82) is 0 Å². The van der Waals surface area contributed by atoms with Crippen molar-refractivity contribution in [3.05, 3.63) is 34.9 Å². The number of benzene rings is 1. The smallest absolute Gasteiger partial charge is 0.312 e. The second-order valence-electron chi connectivity index (χ2n) is 8.43. The van der Waals surface area contributed by atoms with Gasteiger partial charge in [-0.2, -0.15) is 0 Å². The Kier molecular flexibility index (Phi) is 4.89. The van der Waals surface area contributed by atoms with Gasteiger partial charge in [-0.1, -0.05) is 31.5 Å². The molecule has 1 saturated carbocycles. The molecule has 0 bridgehead atoms. The molecule has 2 aliphatic carbocycles. The lowest BCUT2D eigenvalue weighted by Crippen LogP contribution is -2.52. The van der Waals surface area contributed by atoms with E-state index in [1.165, 1.54) is 25.3 Å². The highest BCUT2D eigenvalue weighted by molar-refractivity contribution is 5.78. The minimum atomic E-state index is -0.419. The first-order valence-electron chi connectivity index (χ1n) is 9.57. The Labute approximate surface area is 156 Å². The lowest BCUT2D eigenvalue weighted by Gasteiger charge is -2.54. The highest BCUT2D eigenvalue weighted by Crippen LogP contribution is 2.57. The summed E-state index contributed by atoms with van der Waals surface area (Å²) in [5, 5.41) is 0. The van der Waals surface area contributed by atoms with Gasteiger partial charge < -0.3 is 9.47 Å². The van der Waals surface area contributed by atoms with Gasteiger partial charge in [0.25, 0.3) is 0 Å². The summed E-state index contributed by atoms with van der Waals surface area (Å²) in [4.78, 5) is 24.5. The highest BCUT2D eigenvalue weighted by atomic mass is 16.5. The van der Waals surface area contributed by atoms with Crippen LogP contribution in [0.3, 0.4) is 0 Å². The molecular formula is C22H30O4. The lowest BCUT2D eigenvalue weighted by molar-refractivity contribution is -0.161. The van der Waals surface area contributed by atoms with Crippen molar-refractivity contribution in [2.45, 2.75) is 64.2 Å². The Balaban J connectivity index is 2.00. The van der Waals surface area contributed by atoms with E-state index in [0.29, 0.717) is 0 Å². The Morgan fingerprint density at radius 1 is 1.15 bits per heavy atom. The van der Waals surface area contributed by atoms with Gasteiger partial charge in [0.05, 0.1) is 25.6 Å². The number of hydrogen-bond acceptors (Lipinski definition) is 4. The molecule has 0 radical (unpaired) electrons. The number of carbonyl (C=O) groups is 2. The molecule has 4 atom stereocenters. The summed E-state index contributed by atoms with van der Waals surface area (Å²) in [5.41, 5.74) is 3.21. The summed E-state index contributed by atoms with van der Waals surface area (Å²) >= 11 is 0. The fraction of sp³-hybridized carbons (Fsp3) is 0.636. The molecule has 1 aromatic rings. The summed E-state index contributed by atoms with van der Waals surface area (Å²) in [6.45, 7) is 6.27. The quantitative estimate of drug-likeness (QED) is 0.762. The predicted molar refractivity (Wildman–Crippen MR) is 100 cm³/mol. The van der Waals surface area contributed by atoms with Crippen LogP contribution in [0.25, 0.3) is 0 Å². The molecule has 0 unspecified atom stereocenters. The molecule has 0 aromatic heterocycles. The van der Waals surface area contributed by atoms with Crippen LogP contribution in [0.5, 0.6) is 0 Å². The van der Waals surface area contributed by atoms with Crippen LogP contribution < -0.4 is 0 Å². The number of hydrogen-bond donors (Lipinski definition) is 0. The number of carbonyl (C=O) groups excluding carboxylic acids is 2. The Bertz CT molecular complexity index is 725. The summed E-state index contributed by atoms with van der Waals surface area (Å²) in [7, 11) is 2.93. The van der Waals surface area contributed by atoms with Crippen LogP contribution in [-0.2, 0) is 30.9 Å². The van der Waals surface area contributed by atoms with E-state index in [9.17, 15) is 9.59 Å². The van der Waals surface area contributed by atoms with Gasteiger partial charge in [0, 0.05) is 0 Å². The molecule has 26 heavy (non-hydrogen) atoms. The minimum Gasteiger partial charge on any atom is -0.469 e. The maximum absolute atomic E-state index is 12.6. The molecule has 0 N–H and O–H groups in total. The van der Waals surface area contributed by atoms with E-state index < -0.39 is 5.41 Å². The van der Waals surface area contributed by atoms with Crippen molar-refractivity contribution in [1.82, 2.24) is 0 Å². The van der Waals surface area contributed by atoms with Crippen LogP contribution in [0.4, 0.5) is 0 Å². The van der Waals surface area contributed by atoms with Crippen LogP contribution in [0.15, 0.2) is 18.2 Å². The fourth-order valence-electron chi connectivity index (χ4n) is 5.57. The van der Waals surface area contributed by atoms with Crippen molar-refractivity contribution in [2.75, 3.05) is 14.2 Å². The summed E-state index contributed by atoms with van der Waals surface area (Å²) in [6.07, 6.45) is 4.92. The van der Waals surface area contributed by atoms with Crippen molar-refractivity contribution in [3.63, 3.8) is 0 Å². The van der Waals surface area contributed by atoms with Gasteiger partial charge in [-0.3, -0.25) is 9.59 Å². The third kappa shape index (κ3) is 2.74. The van der Waals surface area contributed by atoms with Gasteiger partial charge in [-0.05, 0) is 67.6 Å². The van der Waals surface area contributed by atoms with Crippen LogP contribution in [0.1, 0.15) is 69.1 Å². The van der Waals surface area contributed by atoms with Crippen LogP contribution in [0, 0.1) is 11.3 Å². The van der Waals surface area contributed by atoms with Crippen molar-refractivity contribution in [3.8, 4) is 0 Å². The molecule has 0 aliphatic heterocycles. The first kappa shape index (κ1) is 18.9. The zero-order valence-electron chi connectivity index (χ0n) is 16.6. The normalized spacial score (nSPS) is 31.3. The molecule has 2 aliphatic rings. The van der Waals surface area contributed by atoms with E-state index in [4.69, 9.17) is 9.47 Å². The van der Waals surface area contributed by atoms with Crippen LogP contribution in [0.2, 0.25) is 0 Å². The van der Waals surface area contributed by atoms with E-state index >= 15 is 0 Å². The molecule has 142 valence electrons. The molecule has 1 aromatic carbocycles. The van der Waals surface area contributed by atoms with E-state index in [2.05, 4.69) is 32.0 Å². The molecule has 0 heterocycles. The monoisotopic (exact) mass is 358 g/mol. The maximum Gasteiger partial charge on any atom is 0.312 e. The standard InChI is InChI=1S/C22H30O4/c1-14(19(23)25-4)15-7-9-17-16(13-15)8-10-18-21(17,2)11-6-12-22(18,3)20(24)26-5/h7,9,13-14,18H,6,8,10-12H2,1-5H3/t14-,18+,21+,22+/m0/s1. The van der Waals surface area contributed by atoms with Crippen LogP contribution in [-0.4, -0.2) is 26.2 Å². The van der Waals surface area contributed by atoms with E-state index in [0.717, 1.165) is 37.7 Å². The van der Waals surface area contributed by atoms with Gasteiger partial charge >= 0.3 is 11.9 Å². The third-order valence-corrected chi connectivity index (χ3v) is 7.08. The first-order chi connectivity index (χ1) is 12.3. The highest BCUT2D eigenvalue weighted by Gasteiger charge is 2.55. The summed E-state index contributed by atoms with van der Waals surface area (Å²) in [5.74, 6) is -0.260. The second-order valence-corrected chi connectivity index (χ2v) is 8.43. The Morgan fingerprint density at radius 3 is 2.54 bits per heavy atom. The van der Waals surface area contributed by atoms with Gasteiger partial charge in [-0.15, -0.1) is 0 Å². The second kappa shape index (κ2) is 6.71. The lowest BCUT2D eigenvalue weighted by atomic mass is 9.49. The number of esters is 2. The van der Waals surface area contributed by atoms with Gasteiger partial charge in [-0.25, -0.2) is 0 Å². The zero-order chi connectivity index (χ0) is 19.1. The number of aryl methyl sites for hydroxylation is 1. The molecule has 4 nitrogen and oxygen atoms in total. The Morgan fingerprint density at radius 2 is 1.88 bits per heavy atom. The molecule has 0 saturated heterocycles. The average molecular weight is 358 g/mol. The molecule has 3 rings (SSSR count). The summed E-state index contributed by atoms with van der Waals surface area (Å²) in [6, 6.07) is 6.40. The number of rotatable bonds is 3. The van der Waals surface area contributed by atoms with E-state index in [-0.39, 0.29) is 29.2 Å². The van der Waals surface area contributed by atoms with Gasteiger partial charge in [0.2, 0.25) is 0 Å². The number of ether oxygens (including phenoxy) is 2. The van der Waals surface area contributed by atoms with Crippen molar-refractivity contribution >= 4 is 11.9 Å². The first-order valence-corrected chi connectivity index (χ1v) is 9.57. The number of methoxy groups -OCH3 is 2. The van der Waals surface area contributed by atoms with Crippen LogP contribution >= 0.6 is 0 Å². The van der Waals surface area contributed by atoms with E-state index in [1.807, 2.05) is 6.92 Å². The van der Waals surface area contributed by atoms with Crippen molar-refractivity contribution in [2.24, 2.45) is 11.3 Å². The maximum atomic E-state index is 12.6. The van der Waals surface area contributed by atoms with E-state index in [1.54, 1.807) is 0 Å². The fourth-order valence-corrected chi connectivity index (χ4v) is 5.57. The molecule has 1 fully saturated rings. The number of fused-ring (bicyclic) bond motifs is 3. The zero-order valence-corrected chi connectivity index (χ0v) is 16.6. The van der Waals surface area contributed by atoms with Gasteiger partial charge in [0.15, 0.2) is 0 Å².